The summed E-state index contributed by atoms with van der Waals surface area (Å²) >= 11 is 6.29. The molecular formula is C23H23ClN2O4S. The highest BCUT2D eigenvalue weighted by Gasteiger charge is 2.28. The number of aryl methyl sites for hydroxylation is 1. The fraction of sp³-hybridized carbons (Fsp3) is 0.174. The number of nitrogens with zero attached hydrogens (tertiary/aromatic N) is 1. The van der Waals surface area contributed by atoms with Crippen LogP contribution in [0.2, 0.25) is 5.02 Å². The number of ether oxygens (including phenoxy) is 1. The van der Waals surface area contributed by atoms with Crippen molar-refractivity contribution in [2.75, 3.05) is 22.8 Å². The highest BCUT2D eigenvalue weighted by atomic mass is 35.5. The van der Waals surface area contributed by atoms with Gasteiger partial charge in [-0.2, -0.15) is 0 Å². The zero-order valence-electron chi connectivity index (χ0n) is 17.2. The molecule has 0 heterocycles. The van der Waals surface area contributed by atoms with Crippen molar-refractivity contribution in [1.82, 2.24) is 0 Å². The number of amides is 1. The molecule has 1 amide bonds. The van der Waals surface area contributed by atoms with Gasteiger partial charge >= 0.3 is 0 Å². The maximum atomic E-state index is 13.4. The Bertz CT molecular complexity index is 1160. The number of benzene rings is 3. The third-order valence-corrected chi connectivity index (χ3v) is 6.57. The molecule has 3 aromatic rings. The Morgan fingerprint density at radius 1 is 1.00 bits per heavy atom. The molecule has 0 aromatic heterocycles. The average Bonchev–Trinajstić information content (AvgIpc) is 2.74. The van der Waals surface area contributed by atoms with Crippen LogP contribution in [-0.2, 0) is 14.8 Å². The van der Waals surface area contributed by atoms with Crippen molar-refractivity contribution in [2.45, 2.75) is 18.7 Å². The Morgan fingerprint density at radius 2 is 1.65 bits per heavy atom. The standard InChI is InChI=1S/C23H23ClN2O4S/c1-3-30-22-11-7-5-9-20(22)25-23(27)16-26(21-10-6-4-8-19(21)24)31(28,29)18-14-12-17(2)13-15-18/h4-15H,3,16H2,1-2H3,(H,25,27). The normalized spacial score (nSPS) is 11.1. The topological polar surface area (TPSA) is 75.7 Å². The number of carbonyl (C=O) groups excluding carboxylic acids is 1. The average molecular weight is 459 g/mol. The summed E-state index contributed by atoms with van der Waals surface area (Å²) in [6.07, 6.45) is 0. The van der Waals surface area contributed by atoms with E-state index in [2.05, 4.69) is 5.32 Å². The molecule has 0 spiro atoms. The molecule has 6 nitrogen and oxygen atoms in total. The molecule has 0 aliphatic heterocycles. The third kappa shape index (κ3) is 5.37. The molecule has 1 N–H and O–H groups in total. The summed E-state index contributed by atoms with van der Waals surface area (Å²) in [7, 11) is -4.04. The quantitative estimate of drug-likeness (QED) is 0.522. The van der Waals surface area contributed by atoms with Gasteiger partial charge in [0, 0.05) is 0 Å². The first kappa shape index (κ1) is 22.7. The van der Waals surface area contributed by atoms with Crippen LogP contribution in [0.15, 0.2) is 77.7 Å². The number of hydrogen-bond donors (Lipinski definition) is 1. The molecule has 0 saturated heterocycles. The molecule has 162 valence electrons. The maximum Gasteiger partial charge on any atom is 0.264 e. The lowest BCUT2D eigenvalue weighted by Gasteiger charge is -2.25. The summed E-state index contributed by atoms with van der Waals surface area (Å²) in [5, 5.41) is 2.96. The first-order valence-electron chi connectivity index (χ1n) is 9.68. The van der Waals surface area contributed by atoms with Crippen molar-refractivity contribution in [1.29, 1.82) is 0 Å². The number of sulfonamides is 1. The second kappa shape index (κ2) is 9.85. The number of anilines is 2. The van der Waals surface area contributed by atoms with E-state index in [9.17, 15) is 13.2 Å². The first-order valence-corrected chi connectivity index (χ1v) is 11.5. The molecule has 0 saturated carbocycles. The second-order valence-electron chi connectivity index (χ2n) is 6.75. The molecule has 31 heavy (non-hydrogen) atoms. The van der Waals surface area contributed by atoms with Crippen molar-refractivity contribution < 1.29 is 17.9 Å². The molecular weight excluding hydrogens is 436 g/mol. The highest BCUT2D eigenvalue weighted by Crippen LogP contribution is 2.31. The summed E-state index contributed by atoms with van der Waals surface area (Å²) in [4.78, 5) is 13.0. The number of halogens is 1. The molecule has 3 rings (SSSR count). The Morgan fingerprint density at radius 3 is 2.32 bits per heavy atom. The van der Waals surface area contributed by atoms with Gasteiger partial charge in [0.25, 0.3) is 10.0 Å². The Kier molecular flexibility index (Phi) is 7.20. The van der Waals surface area contributed by atoms with Gasteiger partial charge in [-0.05, 0) is 50.2 Å². The van der Waals surface area contributed by atoms with E-state index in [0.717, 1.165) is 9.87 Å². The van der Waals surface area contributed by atoms with E-state index >= 15 is 0 Å². The highest BCUT2D eigenvalue weighted by molar-refractivity contribution is 7.92. The zero-order valence-corrected chi connectivity index (χ0v) is 18.8. The molecule has 8 heteroatoms. The minimum absolute atomic E-state index is 0.0699. The molecule has 0 radical (unpaired) electrons. The lowest BCUT2D eigenvalue weighted by molar-refractivity contribution is -0.114. The Hall–Kier alpha value is -3.03. The summed E-state index contributed by atoms with van der Waals surface area (Å²) in [6.45, 7) is 3.68. The van der Waals surface area contributed by atoms with Gasteiger partial charge < -0.3 is 10.1 Å². The molecule has 0 aliphatic rings. The van der Waals surface area contributed by atoms with Crippen molar-refractivity contribution in [3.63, 3.8) is 0 Å². The second-order valence-corrected chi connectivity index (χ2v) is 9.02. The van der Waals surface area contributed by atoms with Gasteiger partial charge in [0.1, 0.15) is 12.3 Å². The van der Waals surface area contributed by atoms with Crippen LogP contribution in [0.25, 0.3) is 0 Å². The van der Waals surface area contributed by atoms with Crippen LogP contribution in [0.1, 0.15) is 12.5 Å². The summed E-state index contributed by atoms with van der Waals surface area (Å²) in [5.74, 6) is -0.0215. The minimum Gasteiger partial charge on any atom is -0.492 e. The van der Waals surface area contributed by atoms with Gasteiger partial charge in [-0.25, -0.2) is 8.42 Å². The molecule has 3 aromatic carbocycles. The van der Waals surface area contributed by atoms with E-state index in [1.54, 1.807) is 60.7 Å². The van der Waals surface area contributed by atoms with E-state index in [0.29, 0.717) is 18.0 Å². The van der Waals surface area contributed by atoms with Gasteiger partial charge in [0.15, 0.2) is 0 Å². The van der Waals surface area contributed by atoms with Crippen LogP contribution in [0.4, 0.5) is 11.4 Å². The largest absolute Gasteiger partial charge is 0.492 e. The maximum absolute atomic E-state index is 13.4. The summed E-state index contributed by atoms with van der Waals surface area (Å²) in [5.41, 5.74) is 1.60. The number of carbonyl (C=O) groups is 1. The van der Waals surface area contributed by atoms with E-state index in [1.165, 1.54) is 12.1 Å². The van der Waals surface area contributed by atoms with Crippen molar-refractivity contribution in [2.24, 2.45) is 0 Å². The minimum atomic E-state index is -4.04. The lowest BCUT2D eigenvalue weighted by atomic mass is 10.2. The number of rotatable bonds is 8. The van der Waals surface area contributed by atoms with Gasteiger partial charge in [-0.3, -0.25) is 9.10 Å². The fourth-order valence-corrected chi connectivity index (χ4v) is 4.69. The van der Waals surface area contributed by atoms with Crippen molar-refractivity contribution >= 4 is 38.9 Å². The van der Waals surface area contributed by atoms with Crippen LogP contribution in [-0.4, -0.2) is 27.5 Å². The number of hydrogen-bond acceptors (Lipinski definition) is 4. The SMILES string of the molecule is CCOc1ccccc1NC(=O)CN(c1ccccc1Cl)S(=O)(=O)c1ccc(C)cc1. The molecule has 0 aliphatic carbocycles. The molecule has 0 unspecified atom stereocenters. The Balaban J connectivity index is 1.95. The predicted molar refractivity (Wildman–Crippen MR) is 123 cm³/mol. The lowest BCUT2D eigenvalue weighted by Crippen LogP contribution is -2.38. The van der Waals surface area contributed by atoms with Crippen LogP contribution in [0.5, 0.6) is 5.75 Å². The molecule has 0 atom stereocenters. The smallest absolute Gasteiger partial charge is 0.264 e. The third-order valence-electron chi connectivity index (χ3n) is 4.48. The fourth-order valence-electron chi connectivity index (χ4n) is 2.96. The monoisotopic (exact) mass is 458 g/mol. The van der Waals surface area contributed by atoms with E-state index < -0.39 is 22.5 Å². The zero-order chi connectivity index (χ0) is 22.4. The van der Waals surface area contributed by atoms with Gasteiger partial charge in [0.2, 0.25) is 5.91 Å². The van der Waals surface area contributed by atoms with E-state index in [-0.39, 0.29) is 15.6 Å². The first-order chi connectivity index (χ1) is 14.8. The van der Waals surface area contributed by atoms with Gasteiger partial charge in [-0.15, -0.1) is 0 Å². The van der Waals surface area contributed by atoms with E-state index in [1.807, 2.05) is 13.8 Å². The van der Waals surface area contributed by atoms with Gasteiger partial charge in [-0.1, -0.05) is 53.6 Å². The summed E-state index contributed by atoms with van der Waals surface area (Å²) in [6, 6.07) is 19.9. The molecule has 0 bridgehead atoms. The molecule has 0 fully saturated rings. The Labute approximate surface area is 187 Å². The van der Waals surface area contributed by atoms with E-state index in [4.69, 9.17) is 16.3 Å². The number of nitrogens with one attached hydrogen (secondary N) is 1. The van der Waals surface area contributed by atoms with Crippen LogP contribution >= 0.6 is 11.6 Å². The van der Waals surface area contributed by atoms with Gasteiger partial charge in [0.05, 0.1) is 27.9 Å². The van der Waals surface area contributed by atoms with Crippen LogP contribution < -0.4 is 14.4 Å². The number of para-hydroxylation sites is 3. The summed E-state index contributed by atoms with van der Waals surface area (Å²) < 4.78 is 33.4. The van der Waals surface area contributed by atoms with Crippen LogP contribution in [0, 0.1) is 6.92 Å². The van der Waals surface area contributed by atoms with Crippen molar-refractivity contribution in [3.8, 4) is 5.75 Å². The van der Waals surface area contributed by atoms with Crippen LogP contribution in [0.3, 0.4) is 0 Å². The van der Waals surface area contributed by atoms with Crippen molar-refractivity contribution in [3.05, 3.63) is 83.4 Å². The predicted octanol–water partition coefficient (Wildman–Crippen LogP) is 4.88.